The van der Waals surface area contributed by atoms with E-state index in [1.165, 1.54) is 14.2 Å². The van der Waals surface area contributed by atoms with E-state index in [1.807, 2.05) is 18.2 Å². The van der Waals surface area contributed by atoms with E-state index in [1.54, 1.807) is 18.2 Å². The molecule has 0 aliphatic rings. The molecule has 102 valence electrons. The first-order valence-electron chi connectivity index (χ1n) is 5.84. The van der Waals surface area contributed by atoms with E-state index in [4.69, 9.17) is 14.2 Å². The Hall–Kier alpha value is -2.07. The molecular formula is C15H18O4. The molecule has 0 amide bonds. The standard InChI is InChI=1S/C15H18O4/c1-4-9-19-10-5-6-12-7-8-14(17-2)13(11-12)15(16)18-3/h4-8,11H,1,9-10H2,2-3H3/b6-5+. The number of hydrogen-bond donors (Lipinski definition) is 0. The van der Waals surface area contributed by atoms with Crippen molar-refractivity contribution in [3.63, 3.8) is 0 Å². The molecular weight excluding hydrogens is 244 g/mol. The fourth-order valence-electron chi connectivity index (χ4n) is 1.50. The van der Waals surface area contributed by atoms with E-state index in [0.717, 1.165) is 5.56 Å². The molecule has 0 heterocycles. The van der Waals surface area contributed by atoms with E-state index in [2.05, 4.69) is 6.58 Å². The van der Waals surface area contributed by atoms with Gasteiger partial charge in [-0.1, -0.05) is 24.3 Å². The number of carbonyl (C=O) groups is 1. The predicted octanol–water partition coefficient (Wildman–Crippen LogP) is 2.70. The summed E-state index contributed by atoms with van der Waals surface area (Å²) in [5.41, 5.74) is 1.28. The monoisotopic (exact) mass is 262 g/mol. The Kier molecular flexibility index (Phi) is 6.39. The molecule has 0 radical (unpaired) electrons. The number of esters is 1. The molecule has 1 rings (SSSR count). The molecule has 0 saturated carbocycles. The largest absolute Gasteiger partial charge is 0.496 e. The molecule has 19 heavy (non-hydrogen) atoms. The second kappa shape index (κ2) is 8.11. The minimum Gasteiger partial charge on any atom is -0.496 e. The first kappa shape index (κ1) is 15.0. The van der Waals surface area contributed by atoms with Crippen molar-refractivity contribution >= 4 is 12.0 Å². The van der Waals surface area contributed by atoms with Crippen LogP contribution in [0.1, 0.15) is 15.9 Å². The van der Waals surface area contributed by atoms with Crippen LogP contribution in [-0.2, 0) is 9.47 Å². The molecule has 0 spiro atoms. The average Bonchev–Trinajstić information content (AvgIpc) is 2.46. The van der Waals surface area contributed by atoms with Crippen LogP contribution in [0.4, 0.5) is 0 Å². The normalized spacial score (nSPS) is 10.4. The maximum Gasteiger partial charge on any atom is 0.341 e. The SMILES string of the molecule is C=CCOC/C=C/c1ccc(OC)c(C(=O)OC)c1. The molecule has 0 aliphatic carbocycles. The van der Waals surface area contributed by atoms with Crippen LogP contribution in [0.3, 0.4) is 0 Å². The summed E-state index contributed by atoms with van der Waals surface area (Å²) < 4.78 is 15.1. The van der Waals surface area contributed by atoms with Gasteiger partial charge < -0.3 is 14.2 Å². The van der Waals surface area contributed by atoms with Gasteiger partial charge >= 0.3 is 5.97 Å². The Bertz CT molecular complexity index is 463. The van der Waals surface area contributed by atoms with E-state index < -0.39 is 5.97 Å². The molecule has 1 aromatic carbocycles. The highest BCUT2D eigenvalue weighted by Crippen LogP contribution is 2.21. The lowest BCUT2D eigenvalue weighted by atomic mass is 10.1. The van der Waals surface area contributed by atoms with Gasteiger partial charge in [-0.15, -0.1) is 6.58 Å². The van der Waals surface area contributed by atoms with E-state index in [-0.39, 0.29) is 0 Å². The van der Waals surface area contributed by atoms with Crippen molar-refractivity contribution in [1.29, 1.82) is 0 Å². The second-order valence-electron chi connectivity index (χ2n) is 3.68. The number of benzene rings is 1. The molecule has 4 nitrogen and oxygen atoms in total. The zero-order valence-electron chi connectivity index (χ0n) is 11.2. The fourth-order valence-corrected chi connectivity index (χ4v) is 1.50. The van der Waals surface area contributed by atoms with Crippen LogP contribution in [0.25, 0.3) is 6.08 Å². The van der Waals surface area contributed by atoms with Crippen molar-refractivity contribution in [2.75, 3.05) is 27.4 Å². The molecule has 0 unspecified atom stereocenters. The van der Waals surface area contributed by atoms with Gasteiger partial charge in [0.15, 0.2) is 0 Å². The summed E-state index contributed by atoms with van der Waals surface area (Å²) in [6, 6.07) is 5.31. The lowest BCUT2D eigenvalue weighted by Gasteiger charge is -2.07. The predicted molar refractivity (Wildman–Crippen MR) is 74.4 cm³/mol. The third-order valence-electron chi connectivity index (χ3n) is 2.39. The van der Waals surface area contributed by atoms with Crippen LogP contribution in [0, 0.1) is 0 Å². The summed E-state index contributed by atoms with van der Waals surface area (Å²) in [7, 11) is 2.85. The van der Waals surface area contributed by atoms with Crippen LogP contribution in [-0.4, -0.2) is 33.4 Å². The lowest BCUT2D eigenvalue weighted by molar-refractivity contribution is 0.0597. The fraction of sp³-hybridized carbons (Fsp3) is 0.267. The summed E-state index contributed by atoms with van der Waals surface area (Å²) in [6.07, 6.45) is 5.43. The molecule has 0 fully saturated rings. The van der Waals surface area contributed by atoms with Crippen LogP contribution >= 0.6 is 0 Å². The summed E-state index contributed by atoms with van der Waals surface area (Å²) in [5, 5.41) is 0. The number of ether oxygens (including phenoxy) is 3. The maximum atomic E-state index is 11.6. The number of hydrogen-bond acceptors (Lipinski definition) is 4. The van der Waals surface area contributed by atoms with E-state index in [9.17, 15) is 4.79 Å². The molecule has 0 atom stereocenters. The Balaban J connectivity index is 2.80. The molecule has 0 bridgehead atoms. The van der Waals surface area contributed by atoms with Crippen molar-refractivity contribution in [1.82, 2.24) is 0 Å². The van der Waals surface area contributed by atoms with Gasteiger partial charge in [-0.05, 0) is 17.7 Å². The van der Waals surface area contributed by atoms with Gasteiger partial charge in [-0.3, -0.25) is 0 Å². The first-order valence-corrected chi connectivity index (χ1v) is 5.84. The van der Waals surface area contributed by atoms with Crippen molar-refractivity contribution in [3.05, 3.63) is 48.1 Å². The highest BCUT2D eigenvalue weighted by molar-refractivity contribution is 5.93. The average molecular weight is 262 g/mol. The highest BCUT2D eigenvalue weighted by Gasteiger charge is 2.12. The molecule has 1 aromatic rings. The molecule has 0 aromatic heterocycles. The molecule has 4 heteroatoms. The summed E-state index contributed by atoms with van der Waals surface area (Å²) in [4.78, 5) is 11.6. The van der Waals surface area contributed by atoms with Crippen molar-refractivity contribution in [2.45, 2.75) is 0 Å². The number of methoxy groups -OCH3 is 2. The minimum absolute atomic E-state index is 0.402. The van der Waals surface area contributed by atoms with Crippen LogP contribution < -0.4 is 4.74 Å². The topological polar surface area (TPSA) is 44.8 Å². The van der Waals surface area contributed by atoms with Crippen LogP contribution in [0.2, 0.25) is 0 Å². The quantitative estimate of drug-likeness (QED) is 0.430. The third-order valence-corrected chi connectivity index (χ3v) is 2.39. The van der Waals surface area contributed by atoms with Gasteiger partial charge in [0.25, 0.3) is 0 Å². The zero-order valence-corrected chi connectivity index (χ0v) is 11.2. The van der Waals surface area contributed by atoms with Gasteiger partial charge in [0.1, 0.15) is 11.3 Å². The number of rotatable bonds is 7. The van der Waals surface area contributed by atoms with Crippen molar-refractivity contribution in [3.8, 4) is 5.75 Å². The van der Waals surface area contributed by atoms with E-state index in [0.29, 0.717) is 24.5 Å². The van der Waals surface area contributed by atoms with Crippen LogP contribution in [0.15, 0.2) is 36.9 Å². The van der Waals surface area contributed by atoms with Gasteiger partial charge in [-0.25, -0.2) is 4.79 Å². The van der Waals surface area contributed by atoms with Gasteiger partial charge in [0.2, 0.25) is 0 Å². The minimum atomic E-state index is -0.421. The summed E-state index contributed by atoms with van der Waals surface area (Å²) >= 11 is 0. The lowest BCUT2D eigenvalue weighted by Crippen LogP contribution is -2.04. The summed E-state index contributed by atoms with van der Waals surface area (Å²) in [5.74, 6) is 0.0712. The smallest absolute Gasteiger partial charge is 0.341 e. The van der Waals surface area contributed by atoms with Gasteiger partial charge in [0, 0.05) is 0 Å². The Morgan fingerprint density at radius 2 is 2.11 bits per heavy atom. The zero-order chi connectivity index (χ0) is 14.1. The molecule has 0 aliphatic heterocycles. The van der Waals surface area contributed by atoms with Crippen LogP contribution in [0.5, 0.6) is 5.75 Å². The van der Waals surface area contributed by atoms with Gasteiger partial charge in [-0.2, -0.15) is 0 Å². The molecule has 0 N–H and O–H groups in total. The number of carbonyl (C=O) groups excluding carboxylic acids is 1. The second-order valence-corrected chi connectivity index (χ2v) is 3.68. The maximum absolute atomic E-state index is 11.6. The Labute approximate surface area is 113 Å². The highest BCUT2D eigenvalue weighted by atomic mass is 16.5. The van der Waals surface area contributed by atoms with Gasteiger partial charge in [0.05, 0.1) is 27.4 Å². The Morgan fingerprint density at radius 1 is 1.32 bits per heavy atom. The Morgan fingerprint density at radius 3 is 2.74 bits per heavy atom. The van der Waals surface area contributed by atoms with Crippen molar-refractivity contribution < 1.29 is 19.0 Å². The van der Waals surface area contributed by atoms with E-state index >= 15 is 0 Å². The first-order chi connectivity index (χ1) is 9.22. The van der Waals surface area contributed by atoms with Crippen molar-refractivity contribution in [2.24, 2.45) is 0 Å². The summed E-state index contributed by atoms with van der Waals surface area (Å²) in [6.45, 7) is 4.57. The molecule has 0 saturated heterocycles. The third kappa shape index (κ3) is 4.60.